The lowest BCUT2D eigenvalue weighted by atomic mass is 9.86. The van der Waals surface area contributed by atoms with Gasteiger partial charge in [0.05, 0.1) is 20.4 Å². The Balaban J connectivity index is 1.73. The van der Waals surface area contributed by atoms with Gasteiger partial charge in [0.1, 0.15) is 0 Å². The Kier molecular flexibility index (Phi) is 3.68. The molecule has 0 N–H and O–H groups in total. The van der Waals surface area contributed by atoms with E-state index >= 15 is 0 Å². The first kappa shape index (κ1) is 14.8. The van der Waals surface area contributed by atoms with E-state index in [1.807, 2.05) is 0 Å². The number of methoxy groups -OCH3 is 2. The van der Waals surface area contributed by atoms with Crippen molar-refractivity contribution in [2.24, 2.45) is 0 Å². The zero-order valence-corrected chi connectivity index (χ0v) is 13.9. The highest BCUT2D eigenvalue weighted by Crippen LogP contribution is 2.44. The SMILES string of the molecule is COc1cc2c(cc1OC)C1CC(=O)N3CCCCC3N1CC2. The molecular weight excluding hydrogens is 292 g/mol. The van der Waals surface area contributed by atoms with E-state index in [4.69, 9.17) is 9.47 Å². The van der Waals surface area contributed by atoms with E-state index in [9.17, 15) is 4.79 Å². The maximum atomic E-state index is 12.6. The minimum Gasteiger partial charge on any atom is -0.493 e. The van der Waals surface area contributed by atoms with Crippen molar-refractivity contribution in [2.75, 3.05) is 27.3 Å². The molecule has 4 rings (SSSR count). The van der Waals surface area contributed by atoms with Crippen LogP contribution in [0.5, 0.6) is 11.5 Å². The Bertz CT molecular complexity index is 631. The fraction of sp³-hybridized carbons (Fsp3) is 0.611. The Morgan fingerprint density at radius 2 is 1.87 bits per heavy atom. The zero-order chi connectivity index (χ0) is 16.0. The van der Waals surface area contributed by atoms with Gasteiger partial charge in [-0.3, -0.25) is 9.69 Å². The predicted octanol–water partition coefficient (Wildman–Crippen LogP) is 2.35. The van der Waals surface area contributed by atoms with Gasteiger partial charge in [0.15, 0.2) is 11.5 Å². The molecular formula is C18H24N2O3. The molecule has 124 valence electrons. The number of carbonyl (C=O) groups excluding carboxylic acids is 1. The Hall–Kier alpha value is -1.75. The highest BCUT2D eigenvalue weighted by atomic mass is 16.5. The number of piperidine rings is 1. The van der Waals surface area contributed by atoms with Gasteiger partial charge in [-0.15, -0.1) is 0 Å². The summed E-state index contributed by atoms with van der Waals surface area (Å²) >= 11 is 0. The number of nitrogens with zero attached hydrogens (tertiary/aromatic N) is 2. The first-order valence-corrected chi connectivity index (χ1v) is 8.53. The Labute approximate surface area is 137 Å². The average Bonchev–Trinajstić information content (AvgIpc) is 2.60. The number of amides is 1. The number of carbonyl (C=O) groups is 1. The predicted molar refractivity (Wildman–Crippen MR) is 86.7 cm³/mol. The van der Waals surface area contributed by atoms with Crippen molar-refractivity contribution in [1.29, 1.82) is 0 Å². The van der Waals surface area contributed by atoms with Crippen LogP contribution in [0.25, 0.3) is 0 Å². The van der Waals surface area contributed by atoms with Gasteiger partial charge in [-0.05, 0) is 48.9 Å². The third-order valence-corrected chi connectivity index (χ3v) is 5.59. The van der Waals surface area contributed by atoms with E-state index in [0.717, 1.165) is 43.9 Å². The second kappa shape index (κ2) is 5.71. The molecule has 2 atom stereocenters. The molecule has 0 bridgehead atoms. The monoisotopic (exact) mass is 316 g/mol. The topological polar surface area (TPSA) is 42.0 Å². The van der Waals surface area contributed by atoms with E-state index < -0.39 is 0 Å². The fourth-order valence-electron chi connectivity index (χ4n) is 4.46. The number of ether oxygens (including phenoxy) is 2. The molecule has 2 unspecified atom stereocenters. The van der Waals surface area contributed by atoms with Crippen molar-refractivity contribution in [3.63, 3.8) is 0 Å². The first-order valence-electron chi connectivity index (χ1n) is 8.53. The van der Waals surface area contributed by atoms with Gasteiger partial charge in [-0.1, -0.05) is 0 Å². The van der Waals surface area contributed by atoms with Crippen LogP contribution in [-0.4, -0.2) is 49.2 Å². The van der Waals surface area contributed by atoms with Crippen LogP contribution in [0.3, 0.4) is 0 Å². The first-order chi connectivity index (χ1) is 11.2. The van der Waals surface area contributed by atoms with Crippen LogP contribution in [0, 0.1) is 0 Å². The Morgan fingerprint density at radius 1 is 1.09 bits per heavy atom. The highest BCUT2D eigenvalue weighted by Gasteiger charge is 2.43. The summed E-state index contributed by atoms with van der Waals surface area (Å²) in [7, 11) is 3.34. The number of benzene rings is 1. The molecule has 5 heteroatoms. The van der Waals surface area contributed by atoms with Gasteiger partial charge in [0.2, 0.25) is 5.91 Å². The standard InChI is InChI=1S/C18H24N2O3/c1-22-15-9-12-6-8-19-14(13(12)10-16(15)23-2)11-18(21)20-7-4-3-5-17(19)20/h9-10,14,17H,3-8,11H2,1-2H3. The maximum Gasteiger partial charge on any atom is 0.225 e. The van der Waals surface area contributed by atoms with E-state index in [-0.39, 0.29) is 12.2 Å². The molecule has 1 amide bonds. The molecule has 5 nitrogen and oxygen atoms in total. The van der Waals surface area contributed by atoms with Gasteiger partial charge in [-0.2, -0.15) is 0 Å². The molecule has 2 saturated heterocycles. The van der Waals surface area contributed by atoms with E-state index in [2.05, 4.69) is 21.9 Å². The number of hydrogen-bond acceptors (Lipinski definition) is 4. The van der Waals surface area contributed by atoms with Crippen LogP contribution >= 0.6 is 0 Å². The van der Waals surface area contributed by atoms with Gasteiger partial charge < -0.3 is 14.4 Å². The number of rotatable bonds is 2. The summed E-state index contributed by atoms with van der Waals surface area (Å²) < 4.78 is 10.9. The molecule has 0 aromatic heterocycles. The molecule has 3 heterocycles. The molecule has 1 aromatic carbocycles. The summed E-state index contributed by atoms with van der Waals surface area (Å²) in [5.74, 6) is 1.84. The fourth-order valence-corrected chi connectivity index (χ4v) is 4.46. The summed E-state index contributed by atoms with van der Waals surface area (Å²) in [6.45, 7) is 1.94. The largest absolute Gasteiger partial charge is 0.493 e. The van der Waals surface area contributed by atoms with Gasteiger partial charge in [0.25, 0.3) is 0 Å². The molecule has 0 spiro atoms. The van der Waals surface area contributed by atoms with Crippen LogP contribution in [0.4, 0.5) is 0 Å². The van der Waals surface area contributed by atoms with Crippen LogP contribution < -0.4 is 9.47 Å². The van der Waals surface area contributed by atoms with Crippen molar-refractivity contribution in [3.05, 3.63) is 23.3 Å². The van der Waals surface area contributed by atoms with Crippen molar-refractivity contribution in [2.45, 2.75) is 44.3 Å². The van der Waals surface area contributed by atoms with Gasteiger partial charge in [-0.25, -0.2) is 0 Å². The smallest absolute Gasteiger partial charge is 0.225 e. The summed E-state index contributed by atoms with van der Waals surface area (Å²) in [6, 6.07) is 4.35. The van der Waals surface area contributed by atoms with Crippen molar-refractivity contribution in [3.8, 4) is 11.5 Å². The molecule has 3 aliphatic rings. The third kappa shape index (κ3) is 2.29. The molecule has 3 aliphatic heterocycles. The molecule has 0 saturated carbocycles. The van der Waals surface area contributed by atoms with Crippen molar-refractivity contribution < 1.29 is 14.3 Å². The molecule has 0 radical (unpaired) electrons. The number of hydrogen-bond donors (Lipinski definition) is 0. The Morgan fingerprint density at radius 3 is 2.65 bits per heavy atom. The third-order valence-electron chi connectivity index (χ3n) is 5.59. The zero-order valence-electron chi connectivity index (χ0n) is 13.9. The minimum absolute atomic E-state index is 0.186. The van der Waals surface area contributed by atoms with Gasteiger partial charge >= 0.3 is 0 Å². The van der Waals surface area contributed by atoms with Crippen LogP contribution in [0.2, 0.25) is 0 Å². The quantitative estimate of drug-likeness (QED) is 0.840. The average molecular weight is 316 g/mol. The van der Waals surface area contributed by atoms with E-state index in [0.29, 0.717) is 12.3 Å². The summed E-state index contributed by atoms with van der Waals surface area (Å²) in [4.78, 5) is 17.3. The lowest BCUT2D eigenvalue weighted by Gasteiger charge is -2.52. The molecule has 1 aromatic rings. The van der Waals surface area contributed by atoms with Crippen LogP contribution in [0.15, 0.2) is 12.1 Å². The number of fused-ring (bicyclic) bond motifs is 5. The second-order valence-corrected chi connectivity index (χ2v) is 6.68. The van der Waals surface area contributed by atoms with Crippen LogP contribution in [0.1, 0.15) is 42.9 Å². The minimum atomic E-state index is 0.186. The molecule has 2 fully saturated rings. The summed E-state index contributed by atoms with van der Waals surface area (Å²) in [5, 5.41) is 0. The summed E-state index contributed by atoms with van der Waals surface area (Å²) in [5.41, 5.74) is 2.54. The lowest BCUT2D eigenvalue weighted by Crippen LogP contribution is -2.60. The maximum absolute atomic E-state index is 12.6. The van der Waals surface area contributed by atoms with E-state index in [1.165, 1.54) is 17.5 Å². The molecule has 0 aliphatic carbocycles. The highest BCUT2D eigenvalue weighted by molar-refractivity contribution is 5.78. The van der Waals surface area contributed by atoms with E-state index in [1.54, 1.807) is 14.2 Å². The van der Waals surface area contributed by atoms with Crippen LogP contribution in [-0.2, 0) is 11.2 Å². The summed E-state index contributed by atoms with van der Waals surface area (Å²) in [6.07, 6.45) is 5.34. The normalized spacial score (nSPS) is 27.0. The van der Waals surface area contributed by atoms with Gasteiger partial charge in [0, 0.05) is 25.6 Å². The lowest BCUT2D eigenvalue weighted by molar-refractivity contribution is -0.153. The van der Waals surface area contributed by atoms with Crippen molar-refractivity contribution >= 4 is 5.91 Å². The second-order valence-electron chi connectivity index (χ2n) is 6.68. The molecule has 23 heavy (non-hydrogen) atoms. The van der Waals surface area contributed by atoms with Crippen molar-refractivity contribution in [1.82, 2.24) is 9.80 Å².